The number of rotatable bonds is 4. The third kappa shape index (κ3) is 3.25. The second kappa shape index (κ2) is 7.12. The Morgan fingerprint density at radius 2 is 2.00 bits per heavy atom. The fourth-order valence-corrected chi connectivity index (χ4v) is 5.75. The zero-order valence-corrected chi connectivity index (χ0v) is 16.2. The Morgan fingerprint density at radius 1 is 1.38 bits per heavy atom. The van der Waals surface area contributed by atoms with Crippen molar-refractivity contribution < 1.29 is 4.79 Å². The molecule has 3 atom stereocenters. The van der Waals surface area contributed by atoms with E-state index in [0.717, 1.165) is 30.0 Å². The van der Waals surface area contributed by atoms with Gasteiger partial charge in [0.2, 0.25) is 5.91 Å². The molecule has 2 N–H and O–H groups in total. The van der Waals surface area contributed by atoms with E-state index in [2.05, 4.69) is 25.8 Å². The summed E-state index contributed by atoms with van der Waals surface area (Å²) < 4.78 is 0. The van der Waals surface area contributed by atoms with Crippen LogP contribution in [0.4, 0.5) is 0 Å². The zero-order valence-electron chi connectivity index (χ0n) is 15.4. The van der Waals surface area contributed by atoms with E-state index in [4.69, 9.17) is 5.73 Å². The third-order valence-corrected chi connectivity index (χ3v) is 7.72. The summed E-state index contributed by atoms with van der Waals surface area (Å²) in [4.78, 5) is 20.9. The van der Waals surface area contributed by atoms with Crippen molar-refractivity contribution in [1.29, 1.82) is 0 Å². The molecule has 2 aliphatic rings. The Morgan fingerprint density at radius 3 is 2.54 bits per heavy atom. The quantitative estimate of drug-likeness (QED) is 0.902. The largest absolute Gasteiger partial charge is 0.338 e. The van der Waals surface area contributed by atoms with Crippen LogP contribution in [0.25, 0.3) is 0 Å². The lowest BCUT2D eigenvalue weighted by atomic mass is 9.65. The lowest BCUT2D eigenvalue weighted by Gasteiger charge is -2.44. The number of fused-ring (bicyclic) bond motifs is 2. The number of carbonyl (C=O) groups excluding carboxylic acids is 1. The van der Waals surface area contributed by atoms with Crippen LogP contribution in [-0.2, 0) is 11.2 Å². The van der Waals surface area contributed by atoms with Gasteiger partial charge >= 0.3 is 0 Å². The first-order chi connectivity index (χ1) is 11.4. The number of nitrogens with zero attached hydrogens (tertiary/aromatic N) is 2. The Labute approximate surface area is 149 Å². The van der Waals surface area contributed by atoms with Crippen molar-refractivity contribution >= 4 is 17.2 Å². The second-order valence-corrected chi connectivity index (χ2v) is 8.85. The molecule has 0 aliphatic heterocycles. The van der Waals surface area contributed by atoms with Crippen molar-refractivity contribution in [2.75, 3.05) is 7.05 Å². The molecule has 1 amide bonds. The van der Waals surface area contributed by atoms with Crippen molar-refractivity contribution in [2.45, 2.75) is 71.4 Å². The van der Waals surface area contributed by atoms with Gasteiger partial charge in [0.25, 0.3) is 0 Å². The van der Waals surface area contributed by atoms with Gasteiger partial charge in [0.05, 0.1) is 16.7 Å². The molecule has 3 rings (SSSR count). The van der Waals surface area contributed by atoms with Crippen LogP contribution in [0.1, 0.15) is 67.6 Å². The minimum atomic E-state index is 0.103. The fraction of sp³-hybridized carbons (Fsp3) is 0.789. The molecule has 0 aromatic carbocycles. The summed E-state index contributed by atoms with van der Waals surface area (Å²) in [5.41, 5.74) is 7.46. The summed E-state index contributed by atoms with van der Waals surface area (Å²) in [6.07, 6.45) is 6.61. The highest BCUT2D eigenvalue weighted by atomic mass is 32.1. The predicted molar refractivity (Wildman–Crippen MR) is 98.9 cm³/mol. The van der Waals surface area contributed by atoms with Gasteiger partial charge in [-0.15, -0.1) is 11.3 Å². The van der Waals surface area contributed by atoms with Gasteiger partial charge in [-0.05, 0) is 57.8 Å². The summed E-state index contributed by atoms with van der Waals surface area (Å²) in [6, 6.07) is 0.423. The molecular weight excluding hydrogens is 318 g/mol. The summed E-state index contributed by atoms with van der Waals surface area (Å²) in [5, 5.41) is 1.16. The van der Waals surface area contributed by atoms with Crippen LogP contribution < -0.4 is 5.73 Å². The molecule has 3 unspecified atom stereocenters. The standard InChI is InChI=1S/C19H31N3OS/c1-5-16-21-11(2)18(24-16)12(3)22(4)19(23)15-9-13-7-6-8-14(10-15)17(13)20/h12-15,17H,5-10,20H2,1-4H3. The summed E-state index contributed by atoms with van der Waals surface area (Å²) in [7, 11) is 1.96. The number of nitrogens with two attached hydrogens (primary N) is 1. The molecular formula is C19H31N3OS. The number of amides is 1. The highest BCUT2D eigenvalue weighted by Crippen LogP contribution is 2.43. The van der Waals surface area contributed by atoms with E-state index >= 15 is 0 Å². The monoisotopic (exact) mass is 349 g/mol. The Balaban J connectivity index is 1.71. The van der Waals surface area contributed by atoms with Gasteiger partial charge < -0.3 is 10.6 Å². The minimum Gasteiger partial charge on any atom is -0.338 e. The van der Waals surface area contributed by atoms with Gasteiger partial charge in [-0.1, -0.05) is 13.3 Å². The molecule has 134 valence electrons. The minimum absolute atomic E-state index is 0.103. The van der Waals surface area contributed by atoms with Crippen LogP contribution >= 0.6 is 11.3 Å². The molecule has 2 bridgehead atoms. The van der Waals surface area contributed by atoms with E-state index in [0.29, 0.717) is 23.8 Å². The number of carbonyl (C=O) groups is 1. The fourth-order valence-electron chi connectivity index (χ4n) is 4.65. The molecule has 24 heavy (non-hydrogen) atoms. The van der Waals surface area contributed by atoms with Gasteiger partial charge in [-0.2, -0.15) is 0 Å². The summed E-state index contributed by atoms with van der Waals surface area (Å²) in [5.74, 6) is 1.56. The molecule has 4 nitrogen and oxygen atoms in total. The smallest absolute Gasteiger partial charge is 0.225 e. The Kier molecular flexibility index (Phi) is 5.30. The van der Waals surface area contributed by atoms with Crippen LogP contribution in [0.5, 0.6) is 0 Å². The van der Waals surface area contributed by atoms with E-state index in [1.807, 2.05) is 11.9 Å². The van der Waals surface area contributed by atoms with E-state index in [9.17, 15) is 4.79 Å². The average Bonchev–Trinajstić information content (AvgIpc) is 2.93. The van der Waals surface area contributed by atoms with Crippen LogP contribution in [0, 0.1) is 24.7 Å². The molecule has 0 saturated heterocycles. The Bertz CT molecular complexity index is 585. The van der Waals surface area contributed by atoms with E-state index < -0.39 is 0 Å². The number of aromatic nitrogens is 1. The van der Waals surface area contributed by atoms with E-state index in [1.165, 1.54) is 24.1 Å². The molecule has 0 spiro atoms. The lowest BCUT2D eigenvalue weighted by Crippen LogP contribution is -2.49. The van der Waals surface area contributed by atoms with Crippen LogP contribution in [-0.4, -0.2) is 28.9 Å². The van der Waals surface area contributed by atoms with Gasteiger partial charge in [0.15, 0.2) is 0 Å². The SMILES string of the molecule is CCc1nc(C)c(C(C)N(C)C(=O)C2CC3CCCC(C2)C3N)s1. The lowest BCUT2D eigenvalue weighted by molar-refractivity contribution is -0.139. The molecule has 1 aromatic heterocycles. The molecule has 0 radical (unpaired) electrons. The second-order valence-electron chi connectivity index (χ2n) is 7.73. The molecule has 2 saturated carbocycles. The highest BCUT2D eigenvalue weighted by molar-refractivity contribution is 7.11. The number of hydrogen-bond donors (Lipinski definition) is 1. The number of aryl methyl sites for hydroxylation is 2. The first kappa shape index (κ1) is 17.9. The van der Waals surface area contributed by atoms with Gasteiger partial charge in [0, 0.05) is 23.9 Å². The normalized spacial score (nSPS) is 30.9. The topological polar surface area (TPSA) is 59.2 Å². The molecule has 2 fully saturated rings. The maximum absolute atomic E-state index is 13.1. The summed E-state index contributed by atoms with van der Waals surface area (Å²) >= 11 is 1.75. The van der Waals surface area contributed by atoms with E-state index in [-0.39, 0.29) is 12.0 Å². The van der Waals surface area contributed by atoms with E-state index in [1.54, 1.807) is 11.3 Å². The average molecular weight is 350 g/mol. The van der Waals surface area contributed by atoms with Crippen LogP contribution in [0.15, 0.2) is 0 Å². The van der Waals surface area contributed by atoms with Crippen molar-refractivity contribution in [3.05, 3.63) is 15.6 Å². The first-order valence-electron chi connectivity index (χ1n) is 9.40. The molecule has 1 heterocycles. The van der Waals surface area contributed by atoms with Gasteiger partial charge in [-0.25, -0.2) is 4.98 Å². The van der Waals surface area contributed by atoms with Crippen molar-refractivity contribution in [2.24, 2.45) is 23.5 Å². The molecule has 5 heteroatoms. The van der Waals surface area contributed by atoms with Gasteiger partial charge in [0.1, 0.15) is 0 Å². The number of thiazole rings is 1. The maximum Gasteiger partial charge on any atom is 0.225 e. The third-order valence-electron chi connectivity index (χ3n) is 6.25. The molecule has 1 aromatic rings. The van der Waals surface area contributed by atoms with Crippen LogP contribution in [0.3, 0.4) is 0 Å². The highest BCUT2D eigenvalue weighted by Gasteiger charge is 2.41. The van der Waals surface area contributed by atoms with Crippen LogP contribution in [0.2, 0.25) is 0 Å². The predicted octanol–water partition coefficient (Wildman–Crippen LogP) is 3.69. The van der Waals surface area contributed by atoms with Crippen molar-refractivity contribution in [3.8, 4) is 0 Å². The van der Waals surface area contributed by atoms with Crippen molar-refractivity contribution in [1.82, 2.24) is 9.88 Å². The number of hydrogen-bond acceptors (Lipinski definition) is 4. The van der Waals surface area contributed by atoms with Crippen molar-refractivity contribution in [3.63, 3.8) is 0 Å². The maximum atomic E-state index is 13.1. The molecule has 2 aliphatic carbocycles. The summed E-state index contributed by atoms with van der Waals surface area (Å²) in [6.45, 7) is 6.32. The zero-order chi connectivity index (χ0) is 17.4. The first-order valence-corrected chi connectivity index (χ1v) is 10.2. The van der Waals surface area contributed by atoms with Gasteiger partial charge in [-0.3, -0.25) is 4.79 Å². The Hall–Kier alpha value is -0.940.